The van der Waals surface area contributed by atoms with E-state index < -0.39 is 29.8 Å². The van der Waals surface area contributed by atoms with Crippen molar-refractivity contribution in [2.24, 2.45) is 16.6 Å². The van der Waals surface area contributed by atoms with Gasteiger partial charge in [-0.25, -0.2) is 14.6 Å². The molecule has 5 N–H and O–H groups in total. The number of carboxylic acids is 1. The second-order valence-corrected chi connectivity index (χ2v) is 11.3. The van der Waals surface area contributed by atoms with Gasteiger partial charge in [0.1, 0.15) is 11.8 Å². The lowest BCUT2D eigenvalue weighted by Gasteiger charge is -2.28. The van der Waals surface area contributed by atoms with Gasteiger partial charge in [0.25, 0.3) is 5.91 Å². The van der Waals surface area contributed by atoms with Gasteiger partial charge in [-0.3, -0.25) is 14.5 Å². The molecule has 1 aliphatic heterocycles. The molecule has 0 radical (unpaired) electrons. The highest BCUT2D eigenvalue weighted by Crippen LogP contribution is 2.38. The zero-order valence-corrected chi connectivity index (χ0v) is 27.0. The molecule has 0 saturated carbocycles. The Hall–Kier alpha value is -4.82. The Morgan fingerprint density at radius 1 is 1.02 bits per heavy atom. The van der Waals surface area contributed by atoms with Crippen molar-refractivity contribution in [1.82, 2.24) is 15.5 Å². The van der Waals surface area contributed by atoms with Crippen LogP contribution in [0.25, 0.3) is 0 Å². The summed E-state index contributed by atoms with van der Waals surface area (Å²) in [6.45, 7) is 6.40. The monoisotopic (exact) mass is 665 g/mol. The summed E-state index contributed by atoms with van der Waals surface area (Å²) in [6.07, 6.45) is -3.73. The molecule has 0 unspecified atom stereocenters. The summed E-state index contributed by atoms with van der Waals surface area (Å²) < 4.78 is 41.6. The molecule has 2 aromatic carbocycles. The standard InChI is InChI=1S/C30H41N5O5.C2HF3O2/c1-20(2)19-30(23-11-7-6-8-12-23)27(37)35(28(31)34-30)17-9-10-21(3)32-26(36)25(33-29(38)40-5)18-22-13-15-24(39-4)16-14-22;3-2(4,5)1(6)7/h6-8,11-16,20-21,25H,9-10,17-19H2,1-5H3,(H2,31,34)(H,32,36)(H,33,38);(H,6,7)/t21-,25-,30+;/m0./s1. The number of carbonyl (C=O) groups is 4. The van der Waals surface area contributed by atoms with Crippen LogP contribution in [-0.2, 0) is 31.1 Å². The fourth-order valence-corrected chi connectivity index (χ4v) is 4.97. The molecule has 3 amide bonds. The van der Waals surface area contributed by atoms with Crippen molar-refractivity contribution in [3.05, 3.63) is 65.7 Å². The molecule has 15 heteroatoms. The third kappa shape index (κ3) is 11.2. The van der Waals surface area contributed by atoms with Gasteiger partial charge >= 0.3 is 18.2 Å². The second-order valence-electron chi connectivity index (χ2n) is 11.3. The van der Waals surface area contributed by atoms with Gasteiger partial charge < -0.3 is 30.9 Å². The molecule has 47 heavy (non-hydrogen) atoms. The number of amides is 3. The van der Waals surface area contributed by atoms with E-state index in [1.54, 1.807) is 24.1 Å². The first kappa shape index (κ1) is 38.4. The summed E-state index contributed by atoms with van der Waals surface area (Å²) >= 11 is 0. The summed E-state index contributed by atoms with van der Waals surface area (Å²) in [5.74, 6) is -2.05. The number of hydrogen-bond acceptors (Lipinski definition) is 8. The maximum absolute atomic E-state index is 13.7. The number of aliphatic imine (C=N–C) groups is 1. The molecule has 0 spiro atoms. The number of halogens is 3. The van der Waals surface area contributed by atoms with Crippen LogP contribution in [0.1, 0.15) is 51.2 Å². The predicted octanol–water partition coefficient (Wildman–Crippen LogP) is 3.98. The normalized spacial score (nSPS) is 17.2. The number of rotatable bonds is 13. The molecule has 0 aliphatic carbocycles. The van der Waals surface area contributed by atoms with E-state index in [0.29, 0.717) is 31.6 Å². The van der Waals surface area contributed by atoms with E-state index in [0.717, 1.165) is 11.1 Å². The first-order valence-corrected chi connectivity index (χ1v) is 14.8. The maximum Gasteiger partial charge on any atom is 0.490 e. The van der Waals surface area contributed by atoms with Gasteiger partial charge in [0.05, 0.1) is 14.2 Å². The van der Waals surface area contributed by atoms with Crippen LogP contribution in [0, 0.1) is 5.92 Å². The average molecular weight is 666 g/mol. The number of nitrogens with zero attached hydrogens (tertiary/aromatic N) is 2. The van der Waals surface area contributed by atoms with Crippen molar-refractivity contribution >= 4 is 29.8 Å². The zero-order valence-electron chi connectivity index (χ0n) is 27.0. The van der Waals surface area contributed by atoms with Crippen LogP contribution in [0.4, 0.5) is 18.0 Å². The van der Waals surface area contributed by atoms with E-state index in [1.807, 2.05) is 49.4 Å². The molecular weight excluding hydrogens is 623 g/mol. The molecule has 1 heterocycles. The van der Waals surface area contributed by atoms with Gasteiger partial charge in [-0.1, -0.05) is 56.3 Å². The number of ether oxygens (including phenoxy) is 2. The number of carboxylic acid groups (broad SMARTS) is 1. The van der Waals surface area contributed by atoms with Gasteiger partial charge in [0, 0.05) is 19.0 Å². The minimum Gasteiger partial charge on any atom is -0.497 e. The van der Waals surface area contributed by atoms with Crippen molar-refractivity contribution in [2.75, 3.05) is 20.8 Å². The van der Waals surface area contributed by atoms with Crippen LogP contribution in [-0.4, -0.2) is 78.9 Å². The first-order valence-electron chi connectivity index (χ1n) is 14.8. The number of nitrogens with one attached hydrogen (secondary N) is 2. The fraction of sp³-hybridized carbons (Fsp3) is 0.469. The van der Waals surface area contributed by atoms with Crippen LogP contribution >= 0.6 is 0 Å². The second kappa shape index (κ2) is 17.2. The topological polar surface area (TPSA) is 173 Å². The molecule has 0 bridgehead atoms. The number of alkyl carbamates (subject to hydrolysis) is 1. The Morgan fingerprint density at radius 2 is 1.62 bits per heavy atom. The quantitative estimate of drug-likeness (QED) is 0.249. The number of carbonyl (C=O) groups excluding carboxylic acids is 3. The number of benzene rings is 2. The molecule has 258 valence electrons. The number of hydrogen-bond donors (Lipinski definition) is 4. The van der Waals surface area contributed by atoms with Gasteiger partial charge in [-0.15, -0.1) is 0 Å². The Bertz CT molecular complexity index is 1390. The lowest BCUT2D eigenvalue weighted by molar-refractivity contribution is -0.192. The molecule has 3 atom stereocenters. The van der Waals surface area contributed by atoms with Gasteiger partial charge in [-0.2, -0.15) is 13.2 Å². The largest absolute Gasteiger partial charge is 0.497 e. The third-order valence-electron chi connectivity index (χ3n) is 7.18. The summed E-state index contributed by atoms with van der Waals surface area (Å²) in [5.41, 5.74) is 6.94. The van der Waals surface area contributed by atoms with Crippen molar-refractivity contribution in [3.8, 4) is 5.75 Å². The molecule has 2 aromatic rings. The fourth-order valence-electron chi connectivity index (χ4n) is 4.97. The number of aliphatic carboxylic acids is 1. The van der Waals surface area contributed by atoms with Gasteiger partial charge in [0.2, 0.25) is 5.91 Å². The molecule has 0 fully saturated rings. The summed E-state index contributed by atoms with van der Waals surface area (Å²) in [6, 6.07) is 15.8. The molecule has 0 aromatic heterocycles. The molecule has 3 rings (SSSR count). The number of guanidine groups is 1. The number of methoxy groups -OCH3 is 2. The molecular formula is C32H42F3N5O7. The minimum atomic E-state index is -5.08. The summed E-state index contributed by atoms with van der Waals surface area (Å²) in [5, 5.41) is 12.7. The highest BCUT2D eigenvalue weighted by Gasteiger charge is 2.49. The van der Waals surface area contributed by atoms with Gasteiger partial charge in [0.15, 0.2) is 11.5 Å². The summed E-state index contributed by atoms with van der Waals surface area (Å²) in [4.78, 5) is 53.8. The first-order chi connectivity index (χ1) is 22.0. The molecule has 1 aliphatic rings. The lowest BCUT2D eigenvalue weighted by atomic mass is 9.82. The SMILES string of the molecule is COC(=O)N[C@@H](Cc1ccc(OC)cc1)C(=O)N[C@@H](C)CCCN1C(=O)[C@@](CC(C)C)(c2ccccc2)N=C1N.O=C(O)C(F)(F)F. The van der Waals surface area contributed by atoms with E-state index in [1.165, 1.54) is 7.11 Å². The number of nitrogens with two attached hydrogens (primary N) is 1. The molecule has 12 nitrogen and oxygen atoms in total. The zero-order chi connectivity index (χ0) is 35.4. The van der Waals surface area contributed by atoms with E-state index in [2.05, 4.69) is 29.5 Å². The van der Waals surface area contributed by atoms with Crippen LogP contribution in [0.3, 0.4) is 0 Å². The summed E-state index contributed by atoms with van der Waals surface area (Å²) in [7, 11) is 2.83. The van der Waals surface area contributed by atoms with E-state index in [9.17, 15) is 27.6 Å². The highest BCUT2D eigenvalue weighted by molar-refractivity contribution is 6.07. The van der Waals surface area contributed by atoms with Crippen molar-refractivity contribution in [2.45, 2.75) is 70.3 Å². The molecule has 0 saturated heterocycles. The van der Waals surface area contributed by atoms with Gasteiger partial charge in [-0.05, 0) is 55.4 Å². The van der Waals surface area contributed by atoms with Crippen LogP contribution in [0.2, 0.25) is 0 Å². The third-order valence-corrected chi connectivity index (χ3v) is 7.18. The van der Waals surface area contributed by atoms with E-state index in [-0.39, 0.29) is 36.2 Å². The highest BCUT2D eigenvalue weighted by atomic mass is 19.4. The van der Waals surface area contributed by atoms with Crippen molar-refractivity contribution < 1.29 is 46.9 Å². The lowest BCUT2D eigenvalue weighted by Crippen LogP contribution is -2.50. The van der Waals surface area contributed by atoms with Crippen LogP contribution < -0.4 is 21.1 Å². The average Bonchev–Trinajstić information content (AvgIpc) is 3.25. The minimum absolute atomic E-state index is 0.122. The van der Waals surface area contributed by atoms with Crippen molar-refractivity contribution in [1.29, 1.82) is 0 Å². The van der Waals surface area contributed by atoms with E-state index in [4.69, 9.17) is 25.1 Å². The van der Waals surface area contributed by atoms with Crippen molar-refractivity contribution in [3.63, 3.8) is 0 Å². The number of alkyl halides is 3. The van der Waals surface area contributed by atoms with Crippen LogP contribution in [0.15, 0.2) is 59.6 Å². The van der Waals surface area contributed by atoms with E-state index >= 15 is 0 Å². The Kier molecular flexibility index (Phi) is 14.0. The maximum atomic E-state index is 13.7. The predicted molar refractivity (Wildman–Crippen MR) is 167 cm³/mol. The van der Waals surface area contributed by atoms with Crippen LogP contribution in [0.5, 0.6) is 5.75 Å². The Balaban J connectivity index is 0.000000984. The smallest absolute Gasteiger partial charge is 0.490 e. The Labute approximate surface area is 271 Å². The Morgan fingerprint density at radius 3 is 2.13 bits per heavy atom.